The summed E-state index contributed by atoms with van der Waals surface area (Å²) in [5.41, 5.74) is 6.90. The molecule has 0 fully saturated rings. The Morgan fingerprint density at radius 3 is 2.67 bits per heavy atom. The predicted octanol–water partition coefficient (Wildman–Crippen LogP) is 4.14. The molecule has 4 N–H and O–H groups in total. The van der Waals surface area contributed by atoms with Crippen molar-refractivity contribution < 1.29 is 9.32 Å². The second-order valence-corrected chi connectivity index (χ2v) is 11.2. The lowest BCUT2D eigenvalue weighted by atomic mass is 9.92. The Labute approximate surface area is 204 Å². The SMILES string of the molecule is CS(=O)Nc1ccc(N=C(N)c2c(O)c(-c3cccs3)nn(CCC(C)(C)C)c2=O)c(S)c1. The average Bonchev–Trinajstić information content (AvgIpc) is 3.23. The highest BCUT2D eigenvalue weighted by atomic mass is 32.2. The summed E-state index contributed by atoms with van der Waals surface area (Å²) in [4.78, 5) is 18.8. The van der Waals surface area contributed by atoms with Gasteiger partial charge in [0.25, 0.3) is 5.56 Å². The molecule has 8 nitrogen and oxygen atoms in total. The zero-order chi connectivity index (χ0) is 24.3. The van der Waals surface area contributed by atoms with Crippen LogP contribution in [0.25, 0.3) is 10.6 Å². The lowest BCUT2D eigenvalue weighted by Gasteiger charge is -2.19. The smallest absolute Gasteiger partial charge is 0.281 e. The largest absolute Gasteiger partial charge is 0.505 e. The lowest BCUT2D eigenvalue weighted by Crippen LogP contribution is -2.33. The molecule has 1 aromatic carbocycles. The number of aromatic nitrogens is 2. The van der Waals surface area contributed by atoms with Crippen molar-refractivity contribution in [1.82, 2.24) is 9.78 Å². The maximum absolute atomic E-state index is 13.2. The first kappa shape index (κ1) is 25.0. The van der Waals surface area contributed by atoms with Crippen molar-refractivity contribution in [2.24, 2.45) is 16.1 Å². The molecular weight excluding hydrogens is 478 g/mol. The highest BCUT2D eigenvalue weighted by molar-refractivity contribution is 7.85. The number of hydrogen-bond donors (Lipinski definition) is 4. The van der Waals surface area contributed by atoms with Crippen LogP contribution in [0.15, 0.2) is 50.4 Å². The summed E-state index contributed by atoms with van der Waals surface area (Å²) < 4.78 is 15.5. The minimum absolute atomic E-state index is 0.0131. The Hall–Kier alpha value is -2.63. The molecule has 2 heterocycles. The van der Waals surface area contributed by atoms with E-state index in [0.717, 1.165) is 0 Å². The lowest BCUT2D eigenvalue weighted by molar-refractivity contribution is 0.335. The number of benzene rings is 1. The highest BCUT2D eigenvalue weighted by Crippen LogP contribution is 2.33. The van der Waals surface area contributed by atoms with Crippen LogP contribution in [0.3, 0.4) is 0 Å². The van der Waals surface area contributed by atoms with E-state index in [1.807, 2.05) is 17.5 Å². The zero-order valence-corrected chi connectivity index (χ0v) is 21.4. The van der Waals surface area contributed by atoms with Gasteiger partial charge in [-0.05, 0) is 41.5 Å². The van der Waals surface area contributed by atoms with E-state index >= 15 is 0 Å². The Morgan fingerprint density at radius 1 is 1.36 bits per heavy atom. The van der Waals surface area contributed by atoms with E-state index in [1.54, 1.807) is 18.2 Å². The van der Waals surface area contributed by atoms with Crippen LogP contribution < -0.4 is 16.0 Å². The second-order valence-electron chi connectivity index (χ2n) is 8.65. The molecule has 2 aromatic heterocycles. The van der Waals surface area contributed by atoms with Crippen molar-refractivity contribution in [2.75, 3.05) is 11.0 Å². The fraction of sp³-hybridized carbons (Fsp3) is 0.318. The number of nitrogens with zero attached hydrogens (tertiary/aromatic N) is 3. The highest BCUT2D eigenvalue weighted by Gasteiger charge is 2.23. The predicted molar refractivity (Wildman–Crippen MR) is 139 cm³/mol. The number of aromatic hydroxyl groups is 1. The van der Waals surface area contributed by atoms with E-state index in [1.165, 1.54) is 22.3 Å². The summed E-state index contributed by atoms with van der Waals surface area (Å²) in [6.45, 7) is 6.61. The van der Waals surface area contributed by atoms with E-state index in [2.05, 4.69) is 48.2 Å². The van der Waals surface area contributed by atoms with Gasteiger partial charge >= 0.3 is 0 Å². The molecule has 1 unspecified atom stereocenters. The van der Waals surface area contributed by atoms with Crippen molar-refractivity contribution in [1.29, 1.82) is 0 Å². The number of rotatable bonds is 7. The molecule has 0 bridgehead atoms. The molecule has 0 saturated carbocycles. The normalized spacial score (nSPS) is 13.2. The van der Waals surface area contributed by atoms with E-state index in [4.69, 9.17) is 5.73 Å². The summed E-state index contributed by atoms with van der Waals surface area (Å²) >= 11 is 5.82. The van der Waals surface area contributed by atoms with Crippen LogP contribution >= 0.6 is 24.0 Å². The molecule has 3 rings (SSSR count). The van der Waals surface area contributed by atoms with Gasteiger partial charge in [0.1, 0.15) is 28.1 Å². The van der Waals surface area contributed by atoms with Gasteiger partial charge in [-0.25, -0.2) is 13.9 Å². The molecule has 1 atom stereocenters. The molecule has 33 heavy (non-hydrogen) atoms. The first-order valence-electron chi connectivity index (χ1n) is 10.1. The van der Waals surface area contributed by atoms with Gasteiger partial charge in [-0.15, -0.1) is 24.0 Å². The maximum atomic E-state index is 13.2. The molecule has 0 spiro atoms. The standard InChI is InChI=1S/C22H27N5O3S3/c1-22(2,3)9-10-27-21(29)17(19(28)18(25-27)16-6-5-11-32-16)20(23)24-14-8-7-13(12-15(14)31)26-33(4)30/h5-8,11-12,26,28,31H,9-10H2,1-4H3,(H2,23,24). The number of thiophene rings is 1. The minimum Gasteiger partial charge on any atom is -0.505 e. The molecule has 0 aliphatic carbocycles. The summed E-state index contributed by atoms with van der Waals surface area (Å²) in [5, 5.41) is 17.3. The van der Waals surface area contributed by atoms with Gasteiger partial charge in [0.2, 0.25) is 0 Å². The van der Waals surface area contributed by atoms with Crippen LogP contribution in [0, 0.1) is 5.41 Å². The Morgan fingerprint density at radius 2 is 2.09 bits per heavy atom. The topological polar surface area (TPSA) is 123 Å². The Balaban J connectivity index is 2.11. The molecule has 0 aliphatic heterocycles. The van der Waals surface area contributed by atoms with Gasteiger partial charge in [0.15, 0.2) is 5.75 Å². The molecule has 176 valence electrons. The second kappa shape index (κ2) is 10.1. The van der Waals surface area contributed by atoms with Crippen LogP contribution in [-0.4, -0.2) is 31.2 Å². The van der Waals surface area contributed by atoms with Crippen molar-refractivity contribution in [3.05, 3.63) is 51.6 Å². The first-order valence-corrected chi connectivity index (χ1v) is 13.0. The van der Waals surface area contributed by atoms with Crippen LogP contribution in [0.4, 0.5) is 11.4 Å². The maximum Gasteiger partial charge on any atom is 0.281 e. The van der Waals surface area contributed by atoms with E-state index in [-0.39, 0.29) is 28.3 Å². The van der Waals surface area contributed by atoms with Gasteiger partial charge in [-0.3, -0.25) is 4.79 Å². The average molecular weight is 506 g/mol. The molecular formula is C22H27N5O3S3. The molecule has 0 saturated heterocycles. The third-order valence-electron chi connectivity index (χ3n) is 4.69. The van der Waals surface area contributed by atoms with Crippen molar-refractivity contribution in [3.8, 4) is 16.3 Å². The number of anilines is 1. The van der Waals surface area contributed by atoms with Crippen molar-refractivity contribution in [3.63, 3.8) is 0 Å². The van der Waals surface area contributed by atoms with Crippen molar-refractivity contribution >= 4 is 52.2 Å². The Bertz CT molecular complexity index is 1260. The number of aryl methyl sites for hydroxylation is 1. The van der Waals surface area contributed by atoms with Crippen LogP contribution in [0.5, 0.6) is 5.75 Å². The third-order valence-corrected chi connectivity index (χ3v) is 6.45. The summed E-state index contributed by atoms with van der Waals surface area (Å²) in [7, 11) is -1.23. The number of nitrogens with one attached hydrogen (secondary N) is 1. The van der Waals surface area contributed by atoms with E-state index < -0.39 is 16.5 Å². The number of aliphatic imine (C=N–C) groups is 1. The number of amidine groups is 1. The fourth-order valence-electron chi connectivity index (χ4n) is 3.00. The first-order chi connectivity index (χ1) is 15.5. The van der Waals surface area contributed by atoms with Crippen molar-refractivity contribution in [2.45, 2.75) is 38.6 Å². The van der Waals surface area contributed by atoms with Gasteiger partial charge in [-0.2, -0.15) is 5.10 Å². The van der Waals surface area contributed by atoms with Crippen LogP contribution in [-0.2, 0) is 17.5 Å². The fourth-order valence-corrected chi connectivity index (χ4v) is 4.43. The summed E-state index contributed by atoms with van der Waals surface area (Å²) in [6, 6.07) is 8.63. The number of nitrogens with two attached hydrogens (primary N) is 1. The number of hydrogen-bond acceptors (Lipinski definition) is 7. The molecule has 0 radical (unpaired) electrons. The summed E-state index contributed by atoms with van der Waals surface area (Å²) in [6.07, 6.45) is 2.23. The van der Waals surface area contributed by atoms with Gasteiger partial charge in [0.05, 0.1) is 10.6 Å². The van der Waals surface area contributed by atoms with E-state index in [0.29, 0.717) is 34.1 Å². The van der Waals surface area contributed by atoms with E-state index in [9.17, 15) is 14.1 Å². The molecule has 3 aromatic rings. The zero-order valence-electron chi connectivity index (χ0n) is 18.8. The molecule has 0 aliphatic rings. The third kappa shape index (κ3) is 6.24. The van der Waals surface area contributed by atoms with Crippen LogP contribution in [0.2, 0.25) is 0 Å². The van der Waals surface area contributed by atoms with Crippen LogP contribution in [0.1, 0.15) is 32.8 Å². The van der Waals surface area contributed by atoms with Gasteiger partial charge in [-0.1, -0.05) is 26.8 Å². The van der Waals surface area contributed by atoms with Gasteiger partial charge in [0, 0.05) is 23.4 Å². The Kier molecular flexibility index (Phi) is 7.65. The molecule has 11 heteroatoms. The quantitative estimate of drug-likeness (QED) is 0.218. The number of thiol groups is 1. The minimum atomic E-state index is -1.23. The van der Waals surface area contributed by atoms with Gasteiger partial charge < -0.3 is 15.6 Å². The monoisotopic (exact) mass is 505 g/mol. The molecule has 0 amide bonds. The summed E-state index contributed by atoms with van der Waals surface area (Å²) in [5.74, 6) is -0.451.